The van der Waals surface area contributed by atoms with Crippen LogP contribution in [0, 0.1) is 16.0 Å². The van der Waals surface area contributed by atoms with E-state index in [1.807, 2.05) is 12.1 Å². The molecule has 3 aromatic rings. The van der Waals surface area contributed by atoms with Gasteiger partial charge in [0.1, 0.15) is 5.69 Å². The van der Waals surface area contributed by atoms with Gasteiger partial charge in [0.2, 0.25) is 5.95 Å². The SMILES string of the molecule is Nc1nc(N)c2c(n1)NC(c1ccc([N+](=O)[O-])cc1)C1C(=O)c3ccccc3C1=N2. The number of anilines is 3. The summed E-state index contributed by atoms with van der Waals surface area (Å²) < 4.78 is 0. The summed E-state index contributed by atoms with van der Waals surface area (Å²) in [5.41, 5.74) is 14.6. The third-order valence-corrected chi connectivity index (χ3v) is 5.29. The predicted molar refractivity (Wildman–Crippen MR) is 111 cm³/mol. The lowest BCUT2D eigenvalue weighted by Crippen LogP contribution is -2.28. The highest BCUT2D eigenvalue weighted by Gasteiger charge is 2.44. The first-order valence-corrected chi connectivity index (χ1v) is 9.10. The molecule has 148 valence electrons. The van der Waals surface area contributed by atoms with E-state index in [4.69, 9.17) is 11.5 Å². The Bertz CT molecular complexity index is 1250. The Labute approximate surface area is 169 Å². The number of nitro benzene ring substituents is 1. The van der Waals surface area contributed by atoms with E-state index in [2.05, 4.69) is 20.3 Å². The third kappa shape index (κ3) is 2.58. The minimum Gasteiger partial charge on any atom is -0.382 e. The second-order valence-electron chi connectivity index (χ2n) is 7.02. The lowest BCUT2D eigenvalue weighted by atomic mass is 9.88. The molecule has 10 heteroatoms. The smallest absolute Gasteiger partial charge is 0.269 e. The van der Waals surface area contributed by atoms with E-state index in [0.717, 1.165) is 0 Å². The number of nitrogens with two attached hydrogens (primary N) is 2. The number of carbonyl (C=O) groups is 1. The van der Waals surface area contributed by atoms with E-state index in [0.29, 0.717) is 33.9 Å². The van der Waals surface area contributed by atoms with E-state index < -0.39 is 16.9 Å². The van der Waals surface area contributed by atoms with Crippen molar-refractivity contribution in [2.24, 2.45) is 10.9 Å². The van der Waals surface area contributed by atoms with Gasteiger partial charge in [-0.1, -0.05) is 36.4 Å². The molecule has 0 saturated carbocycles. The number of nitrogen functional groups attached to an aromatic ring is 2. The van der Waals surface area contributed by atoms with Gasteiger partial charge in [-0.25, -0.2) is 4.99 Å². The molecule has 0 saturated heterocycles. The average molecular weight is 401 g/mol. The molecule has 10 nitrogen and oxygen atoms in total. The fraction of sp³-hybridized carbons (Fsp3) is 0.100. The van der Waals surface area contributed by atoms with E-state index in [1.54, 1.807) is 24.3 Å². The molecule has 1 aliphatic heterocycles. The maximum atomic E-state index is 13.3. The van der Waals surface area contributed by atoms with Gasteiger partial charge < -0.3 is 16.8 Å². The van der Waals surface area contributed by atoms with E-state index in [1.165, 1.54) is 12.1 Å². The molecule has 0 fully saturated rings. The Morgan fingerprint density at radius 3 is 2.40 bits per heavy atom. The number of hydrogen-bond acceptors (Lipinski definition) is 9. The highest BCUT2D eigenvalue weighted by molar-refractivity contribution is 6.29. The Hall–Kier alpha value is -4.34. The number of hydrogen-bond donors (Lipinski definition) is 3. The van der Waals surface area contributed by atoms with Crippen molar-refractivity contribution in [1.29, 1.82) is 0 Å². The number of benzene rings is 2. The molecule has 5 rings (SSSR count). The molecule has 30 heavy (non-hydrogen) atoms. The summed E-state index contributed by atoms with van der Waals surface area (Å²) in [6, 6.07) is 12.7. The van der Waals surface area contributed by atoms with Crippen LogP contribution in [-0.2, 0) is 0 Å². The normalized spacial score (nSPS) is 19.1. The van der Waals surface area contributed by atoms with Crippen molar-refractivity contribution in [3.63, 3.8) is 0 Å². The van der Waals surface area contributed by atoms with E-state index >= 15 is 0 Å². The first-order valence-electron chi connectivity index (χ1n) is 9.10. The van der Waals surface area contributed by atoms with Gasteiger partial charge in [0, 0.05) is 23.3 Å². The van der Waals surface area contributed by atoms with Gasteiger partial charge in [0.15, 0.2) is 17.4 Å². The molecule has 0 spiro atoms. The summed E-state index contributed by atoms with van der Waals surface area (Å²) in [4.78, 5) is 36.8. The second-order valence-corrected chi connectivity index (χ2v) is 7.02. The van der Waals surface area contributed by atoms with Crippen LogP contribution in [-0.4, -0.2) is 26.4 Å². The number of Topliss-reactive ketones (excluding diaryl/α,β-unsaturated/α-hetero) is 1. The van der Waals surface area contributed by atoms with Gasteiger partial charge in [-0.15, -0.1) is 0 Å². The van der Waals surface area contributed by atoms with Crippen LogP contribution >= 0.6 is 0 Å². The highest BCUT2D eigenvalue weighted by Crippen LogP contribution is 2.44. The number of fused-ring (bicyclic) bond motifs is 4. The molecule has 0 bridgehead atoms. The monoisotopic (exact) mass is 401 g/mol. The molecular weight excluding hydrogens is 386 g/mol. The number of nitrogens with one attached hydrogen (secondary N) is 1. The molecule has 5 N–H and O–H groups in total. The molecule has 2 atom stereocenters. The van der Waals surface area contributed by atoms with Gasteiger partial charge in [0.25, 0.3) is 5.69 Å². The van der Waals surface area contributed by atoms with Crippen molar-refractivity contribution in [3.05, 3.63) is 75.3 Å². The first-order chi connectivity index (χ1) is 14.4. The minimum absolute atomic E-state index is 0.0276. The summed E-state index contributed by atoms with van der Waals surface area (Å²) in [6.45, 7) is 0. The summed E-state index contributed by atoms with van der Waals surface area (Å²) >= 11 is 0. The van der Waals surface area contributed by atoms with Crippen LogP contribution in [0.15, 0.2) is 53.5 Å². The molecule has 2 unspecified atom stereocenters. The lowest BCUT2D eigenvalue weighted by Gasteiger charge is -2.23. The number of non-ortho nitro benzene ring substituents is 1. The molecule has 0 amide bonds. The molecule has 1 aliphatic carbocycles. The number of aliphatic imine (C=N–C) groups is 1. The van der Waals surface area contributed by atoms with Crippen LogP contribution in [0.1, 0.15) is 27.5 Å². The zero-order valence-electron chi connectivity index (χ0n) is 15.4. The van der Waals surface area contributed by atoms with Gasteiger partial charge in [-0.2, -0.15) is 9.97 Å². The molecule has 2 heterocycles. The number of aromatic nitrogens is 2. The number of ketones is 1. The summed E-state index contributed by atoms with van der Waals surface area (Å²) in [6.07, 6.45) is 0. The van der Waals surface area contributed by atoms with E-state index in [9.17, 15) is 14.9 Å². The summed E-state index contributed by atoms with van der Waals surface area (Å²) in [5, 5.41) is 14.3. The van der Waals surface area contributed by atoms with Crippen LogP contribution in [0.3, 0.4) is 0 Å². The maximum Gasteiger partial charge on any atom is 0.269 e. The van der Waals surface area contributed by atoms with E-state index in [-0.39, 0.29) is 23.2 Å². The van der Waals surface area contributed by atoms with Crippen molar-refractivity contribution < 1.29 is 9.72 Å². The standard InChI is InChI=1S/C20H15N7O3/c21-18-16-19(26-20(22)25-18)24-14(9-5-7-10(8-6-9)27(29)30)13-15(23-16)11-3-1-2-4-12(11)17(13)28/h1-8,13-14H,(H5,21,22,24,25,26). The van der Waals surface area contributed by atoms with Crippen LogP contribution in [0.25, 0.3) is 0 Å². The zero-order valence-corrected chi connectivity index (χ0v) is 15.4. The number of nitro groups is 1. The fourth-order valence-corrected chi connectivity index (χ4v) is 3.95. The Morgan fingerprint density at radius 2 is 1.70 bits per heavy atom. The summed E-state index contributed by atoms with van der Waals surface area (Å²) in [5.74, 6) is -0.403. The number of rotatable bonds is 2. The molecule has 1 aromatic heterocycles. The number of nitrogens with zero attached hydrogens (tertiary/aromatic N) is 4. The highest BCUT2D eigenvalue weighted by atomic mass is 16.6. The van der Waals surface area contributed by atoms with Crippen LogP contribution in [0.2, 0.25) is 0 Å². The topological polar surface area (TPSA) is 162 Å². The van der Waals surface area contributed by atoms with Crippen molar-refractivity contribution in [3.8, 4) is 0 Å². The fourth-order valence-electron chi connectivity index (χ4n) is 3.95. The van der Waals surface area contributed by atoms with Crippen LogP contribution in [0.5, 0.6) is 0 Å². The van der Waals surface area contributed by atoms with Gasteiger partial charge in [-0.3, -0.25) is 14.9 Å². The average Bonchev–Trinajstić information content (AvgIpc) is 2.89. The number of carbonyl (C=O) groups excluding carboxylic acids is 1. The molecule has 2 aromatic carbocycles. The predicted octanol–water partition coefficient (Wildman–Crippen LogP) is 2.65. The Morgan fingerprint density at radius 1 is 1.00 bits per heavy atom. The zero-order chi connectivity index (χ0) is 21.0. The molecular formula is C20H15N7O3. The minimum atomic E-state index is -0.668. The third-order valence-electron chi connectivity index (χ3n) is 5.29. The van der Waals surface area contributed by atoms with Gasteiger partial charge in [-0.05, 0) is 5.56 Å². The maximum absolute atomic E-state index is 13.3. The van der Waals surface area contributed by atoms with Gasteiger partial charge >= 0.3 is 0 Å². The van der Waals surface area contributed by atoms with Crippen molar-refractivity contribution >= 4 is 40.5 Å². The lowest BCUT2D eigenvalue weighted by molar-refractivity contribution is -0.384. The molecule has 0 radical (unpaired) electrons. The quantitative estimate of drug-likeness (QED) is 0.436. The van der Waals surface area contributed by atoms with Crippen molar-refractivity contribution in [1.82, 2.24) is 9.97 Å². The van der Waals surface area contributed by atoms with Crippen LogP contribution < -0.4 is 16.8 Å². The van der Waals surface area contributed by atoms with Crippen molar-refractivity contribution in [2.75, 3.05) is 16.8 Å². The van der Waals surface area contributed by atoms with Crippen LogP contribution in [0.4, 0.5) is 29.0 Å². The summed E-state index contributed by atoms with van der Waals surface area (Å²) in [7, 11) is 0. The van der Waals surface area contributed by atoms with Gasteiger partial charge in [0.05, 0.1) is 22.6 Å². The first kappa shape index (κ1) is 17.7. The Kier molecular flexibility index (Phi) is 3.75. The molecule has 2 aliphatic rings. The largest absolute Gasteiger partial charge is 0.382 e. The van der Waals surface area contributed by atoms with Crippen molar-refractivity contribution in [2.45, 2.75) is 6.04 Å². The second kappa shape index (κ2) is 6.34. The Balaban J connectivity index is 1.73.